The molecule has 0 aliphatic heterocycles. The average Bonchev–Trinajstić information content (AvgIpc) is 2.63. The highest BCUT2D eigenvalue weighted by molar-refractivity contribution is 7.55. The van der Waals surface area contributed by atoms with E-state index in [-0.39, 0.29) is 11.5 Å². The lowest BCUT2D eigenvalue weighted by Gasteiger charge is -2.22. The fraction of sp³-hybridized carbons (Fsp3) is 0.304. The molecule has 0 saturated carbocycles. The third-order valence-electron chi connectivity index (χ3n) is 4.54. The summed E-state index contributed by atoms with van der Waals surface area (Å²) in [6.45, 7) is 7.38. The molecular weight excluding hydrogens is 337 g/mol. The van der Waals surface area contributed by atoms with Gasteiger partial charge in [-0.05, 0) is 38.1 Å². The SMILES string of the molecule is CC(C)(C)NCc1ccccc1Pc1cccc(C2C=CC=CC2)c1O. The third-order valence-corrected chi connectivity index (χ3v) is 5.97. The largest absolute Gasteiger partial charge is 0.507 e. The smallest absolute Gasteiger partial charge is 0.127 e. The van der Waals surface area contributed by atoms with Gasteiger partial charge in [0.15, 0.2) is 0 Å². The maximum atomic E-state index is 10.9. The molecule has 1 aliphatic carbocycles. The van der Waals surface area contributed by atoms with Gasteiger partial charge in [-0.1, -0.05) is 75.3 Å². The topological polar surface area (TPSA) is 32.3 Å². The zero-order valence-corrected chi connectivity index (χ0v) is 16.8. The van der Waals surface area contributed by atoms with E-state index < -0.39 is 0 Å². The molecule has 0 spiro atoms. The summed E-state index contributed by atoms with van der Waals surface area (Å²) >= 11 is 0. The number of allylic oxidation sites excluding steroid dienone is 4. The van der Waals surface area contributed by atoms with E-state index in [9.17, 15) is 5.11 Å². The Bertz CT molecular complexity index is 817. The highest BCUT2D eigenvalue weighted by Gasteiger charge is 2.17. The Morgan fingerprint density at radius 1 is 1.04 bits per heavy atom. The molecule has 0 heterocycles. The van der Waals surface area contributed by atoms with Crippen molar-refractivity contribution in [2.24, 2.45) is 0 Å². The van der Waals surface area contributed by atoms with E-state index in [1.165, 1.54) is 10.9 Å². The van der Waals surface area contributed by atoms with Gasteiger partial charge in [-0.3, -0.25) is 0 Å². The van der Waals surface area contributed by atoms with E-state index in [4.69, 9.17) is 0 Å². The standard InChI is InChI=1S/C23H28NOP/c1-23(2,3)24-16-18-12-7-8-14-20(18)26-21-15-9-13-19(22(21)25)17-10-5-4-6-11-17/h4-10,12-15,17,24-26H,11,16H2,1-3H3. The lowest BCUT2D eigenvalue weighted by Crippen LogP contribution is -2.36. The summed E-state index contributed by atoms with van der Waals surface area (Å²) in [5, 5.41) is 16.8. The lowest BCUT2D eigenvalue weighted by molar-refractivity contribution is 0.425. The Morgan fingerprint density at radius 2 is 1.81 bits per heavy atom. The van der Waals surface area contributed by atoms with Gasteiger partial charge in [0, 0.05) is 28.9 Å². The van der Waals surface area contributed by atoms with Gasteiger partial charge in [0.05, 0.1) is 0 Å². The van der Waals surface area contributed by atoms with Crippen LogP contribution in [0.25, 0.3) is 0 Å². The number of hydrogen-bond donors (Lipinski definition) is 2. The fourth-order valence-electron chi connectivity index (χ4n) is 3.07. The highest BCUT2D eigenvalue weighted by Crippen LogP contribution is 2.33. The third kappa shape index (κ3) is 4.84. The van der Waals surface area contributed by atoms with Crippen LogP contribution in [-0.2, 0) is 6.54 Å². The van der Waals surface area contributed by atoms with E-state index >= 15 is 0 Å². The molecule has 26 heavy (non-hydrogen) atoms. The molecule has 2 atom stereocenters. The van der Waals surface area contributed by atoms with E-state index in [2.05, 4.69) is 80.7 Å². The predicted molar refractivity (Wildman–Crippen MR) is 114 cm³/mol. The van der Waals surface area contributed by atoms with Crippen molar-refractivity contribution in [2.75, 3.05) is 0 Å². The van der Waals surface area contributed by atoms with Crippen LogP contribution in [0.3, 0.4) is 0 Å². The Kier molecular flexibility index (Phi) is 5.96. The number of nitrogens with one attached hydrogen (secondary N) is 1. The maximum absolute atomic E-state index is 10.9. The molecule has 0 bridgehead atoms. The van der Waals surface area contributed by atoms with Crippen molar-refractivity contribution < 1.29 is 5.11 Å². The molecule has 2 nitrogen and oxygen atoms in total. The zero-order valence-electron chi connectivity index (χ0n) is 15.8. The molecule has 0 amide bonds. The number of aromatic hydroxyl groups is 1. The number of phenolic OH excluding ortho intramolecular Hbond substituents is 1. The minimum absolute atomic E-state index is 0.0825. The van der Waals surface area contributed by atoms with E-state index in [0.29, 0.717) is 14.3 Å². The molecule has 2 aromatic carbocycles. The van der Waals surface area contributed by atoms with Gasteiger partial charge in [-0.15, -0.1) is 0 Å². The molecule has 0 fully saturated rings. The van der Waals surface area contributed by atoms with E-state index in [1.807, 2.05) is 12.1 Å². The molecule has 0 radical (unpaired) electrons. The van der Waals surface area contributed by atoms with Gasteiger partial charge in [0.2, 0.25) is 0 Å². The fourth-order valence-corrected chi connectivity index (χ4v) is 4.32. The van der Waals surface area contributed by atoms with E-state index in [1.54, 1.807) is 0 Å². The summed E-state index contributed by atoms with van der Waals surface area (Å²) in [4.78, 5) is 0. The quantitative estimate of drug-likeness (QED) is 0.764. The number of benzene rings is 2. The summed E-state index contributed by atoms with van der Waals surface area (Å²) in [6, 6.07) is 14.7. The van der Waals surface area contributed by atoms with Crippen LogP contribution in [-0.4, -0.2) is 10.6 Å². The molecule has 0 saturated heterocycles. The first-order chi connectivity index (χ1) is 12.4. The molecule has 136 valence electrons. The van der Waals surface area contributed by atoms with Crippen LogP contribution in [0.1, 0.15) is 44.2 Å². The normalized spacial score (nSPS) is 17.3. The number of hydrogen-bond acceptors (Lipinski definition) is 2. The van der Waals surface area contributed by atoms with Gasteiger partial charge in [-0.2, -0.15) is 0 Å². The molecule has 3 rings (SSSR count). The first-order valence-electron chi connectivity index (χ1n) is 9.19. The zero-order chi connectivity index (χ0) is 18.6. The van der Waals surface area contributed by atoms with Crippen LogP contribution in [0.15, 0.2) is 66.8 Å². The second-order valence-corrected chi connectivity index (χ2v) is 9.11. The summed E-state index contributed by atoms with van der Waals surface area (Å²) in [6.07, 6.45) is 9.41. The number of para-hydroxylation sites is 1. The summed E-state index contributed by atoms with van der Waals surface area (Å²) < 4.78 is 0. The Morgan fingerprint density at radius 3 is 2.54 bits per heavy atom. The van der Waals surface area contributed by atoms with Crippen molar-refractivity contribution in [3.05, 3.63) is 77.9 Å². The monoisotopic (exact) mass is 365 g/mol. The number of rotatable bonds is 5. The van der Waals surface area contributed by atoms with Crippen LogP contribution in [0.5, 0.6) is 5.75 Å². The molecule has 1 aliphatic rings. The van der Waals surface area contributed by atoms with Crippen LogP contribution in [0.2, 0.25) is 0 Å². The molecule has 2 unspecified atom stereocenters. The average molecular weight is 365 g/mol. The summed E-state index contributed by atoms with van der Waals surface area (Å²) in [7, 11) is 0.446. The second-order valence-electron chi connectivity index (χ2n) is 7.78. The molecular formula is C23H28NOP. The predicted octanol–water partition coefficient (Wildman–Crippen LogP) is 4.51. The summed E-state index contributed by atoms with van der Waals surface area (Å²) in [5.74, 6) is 0.719. The lowest BCUT2D eigenvalue weighted by atomic mass is 9.92. The van der Waals surface area contributed by atoms with Gasteiger partial charge in [0.1, 0.15) is 5.75 Å². The first kappa shape index (κ1) is 18.9. The Labute approximate surface area is 158 Å². The van der Waals surface area contributed by atoms with Gasteiger partial charge >= 0.3 is 0 Å². The first-order valence-corrected chi connectivity index (χ1v) is 10.2. The van der Waals surface area contributed by atoms with Gasteiger partial charge in [-0.25, -0.2) is 0 Å². The minimum Gasteiger partial charge on any atom is -0.507 e. The Balaban J connectivity index is 1.83. The van der Waals surface area contributed by atoms with Crippen LogP contribution < -0.4 is 15.9 Å². The highest BCUT2D eigenvalue weighted by atomic mass is 31.1. The Hall–Kier alpha value is -1.89. The molecule has 2 aromatic rings. The second kappa shape index (κ2) is 8.20. The van der Waals surface area contributed by atoms with Crippen molar-refractivity contribution in [2.45, 2.75) is 45.2 Å². The molecule has 3 heteroatoms. The van der Waals surface area contributed by atoms with Gasteiger partial charge in [0.25, 0.3) is 0 Å². The summed E-state index contributed by atoms with van der Waals surface area (Å²) in [5.41, 5.74) is 2.41. The minimum atomic E-state index is 0.0825. The van der Waals surface area contributed by atoms with Crippen molar-refractivity contribution in [1.82, 2.24) is 5.32 Å². The molecule has 2 N–H and O–H groups in total. The van der Waals surface area contributed by atoms with Crippen molar-refractivity contribution in [3.63, 3.8) is 0 Å². The molecule has 0 aromatic heterocycles. The maximum Gasteiger partial charge on any atom is 0.127 e. The number of phenols is 1. The van der Waals surface area contributed by atoms with Crippen molar-refractivity contribution in [1.29, 1.82) is 0 Å². The van der Waals surface area contributed by atoms with Crippen LogP contribution >= 0.6 is 8.58 Å². The van der Waals surface area contributed by atoms with Crippen LogP contribution in [0.4, 0.5) is 0 Å². The van der Waals surface area contributed by atoms with Crippen LogP contribution in [0, 0.1) is 0 Å². The van der Waals surface area contributed by atoms with E-state index in [0.717, 1.165) is 23.8 Å². The van der Waals surface area contributed by atoms with Crippen molar-refractivity contribution >= 4 is 19.2 Å². The van der Waals surface area contributed by atoms with Crippen molar-refractivity contribution in [3.8, 4) is 5.75 Å². The van der Waals surface area contributed by atoms with Gasteiger partial charge < -0.3 is 10.4 Å².